The van der Waals surface area contributed by atoms with E-state index in [-0.39, 0.29) is 6.54 Å². The van der Waals surface area contributed by atoms with Gasteiger partial charge in [-0.3, -0.25) is 0 Å². The maximum Gasteiger partial charge on any atom is 0.344 e. The molecule has 4 N–H and O–H groups in total. The molecule has 2 aromatic rings. The highest BCUT2D eigenvalue weighted by atomic mass is 32.1. The van der Waals surface area contributed by atoms with Crippen molar-refractivity contribution >= 4 is 11.3 Å². The van der Waals surface area contributed by atoms with Gasteiger partial charge in [-0.25, -0.2) is 24.4 Å². The highest BCUT2D eigenvalue weighted by molar-refractivity contribution is 7.12. The summed E-state index contributed by atoms with van der Waals surface area (Å²) in [7, 11) is 0. The van der Waals surface area contributed by atoms with Gasteiger partial charge in [0, 0.05) is 4.88 Å². The van der Waals surface area contributed by atoms with Crippen molar-refractivity contribution in [1.82, 2.24) is 14.8 Å². The summed E-state index contributed by atoms with van der Waals surface area (Å²) in [6.45, 7) is 0.552. The lowest BCUT2D eigenvalue weighted by molar-refractivity contribution is 0.743. The van der Waals surface area contributed by atoms with Gasteiger partial charge in [-0.1, -0.05) is 11.8 Å². The summed E-state index contributed by atoms with van der Waals surface area (Å²) in [6.07, 6.45) is 0. The Kier molecular flexibility index (Phi) is 3.27. The molecule has 6 nitrogen and oxygen atoms in total. The molecule has 0 unspecified atom stereocenters. The number of H-pyrrole nitrogens is 2. The van der Waals surface area contributed by atoms with E-state index in [1.165, 1.54) is 11.3 Å². The Morgan fingerprint density at radius 1 is 1.29 bits per heavy atom. The van der Waals surface area contributed by atoms with Crippen molar-refractivity contribution in [2.75, 3.05) is 6.54 Å². The van der Waals surface area contributed by atoms with Gasteiger partial charge < -0.3 is 5.73 Å². The second-order valence-electron chi connectivity index (χ2n) is 3.22. The predicted octanol–water partition coefficient (Wildman–Crippen LogP) is -0.715. The summed E-state index contributed by atoms with van der Waals surface area (Å²) in [6, 6.07) is 3.68. The molecule has 2 aromatic heterocycles. The number of hydrogen-bond donors (Lipinski definition) is 3. The highest BCUT2D eigenvalue weighted by Crippen LogP contribution is 2.15. The van der Waals surface area contributed by atoms with E-state index in [0.29, 0.717) is 6.54 Å². The fourth-order valence-corrected chi connectivity index (χ4v) is 2.17. The summed E-state index contributed by atoms with van der Waals surface area (Å²) in [5.41, 5.74) is 4.38. The van der Waals surface area contributed by atoms with E-state index >= 15 is 0 Å². The van der Waals surface area contributed by atoms with E-state index in [2.05, 4.69) is 22.0 Å². The fraction of sp³-hybridized carbons (Fsp3) is 0.200. The molecule has 0 amide bonds. The maximum atomic E-state index is 11.3. The van der Waals surface area contributed by atoms with Crippen LogP contribution in [-0.2, 0) is 6.54 Å². The van der Waals surface area contributed by atoms with Crippen LogP contribution in [0.1, 0.15) is 9.75 Å². The molecule has 0 aliphatic heterocycles. The Bertz CT molecular complexity index is 652. The van der Waals surface area contributed by atoms with Crippen LogP contribution in [0.15, 0.2) is 21.7 Å². The highest BCUT2D eigenvalue weighted by Gasteiger charge is 2.05. The standard InChI is InChI=1S/C10H10N4O2S/c11-5-1-2-7-3-4-8(17-7)6-14-9(15)12-13-10(14)16/h3-4H,5-6,11H2,(H,12,15)(H,13,16). The quantitative estimate of drug-likeness (QED) is 0.614. The van der Waals surface area contributed by atoms with Gasteiger partial charge in [0.15, 0.2) is 0 Å². The van der Waals surface area contributed by atoms with E-state index in [4.69, 9.17) is 5.73 Å². The van der Waals surface area contributed by atoms with Gasteiger partial charge >= 0.3 is 11.4 Å². The SMILES string of the molecule is NCC#Cc1ccc(Cn2c(=O)[nH][nH]c2=O)s1. The first-order chi connectivity index (χ1) is 8.20. The van der Waals surface area contributed by atoms with E-state index in [0.717, 1.165) is 14.3 Å². The van der Waals surface area contributed by atoms with Gasteiger partial charge in [-0.15, -0.1) is 11.3 Å². The van der Waals surface area contributed by atoms with Crippen molar-refractivity contribution in [3.8, 4) is 11.8 Å². The van der Waals surface area contributed by atoms with Crippen molar-refractivity contribution < 1.29 is 0 Å². The Hall–Kier alpha value is -2.04. The minimum Gasteiger partial charge on any atom is -0.320 e. The normalized spacial score (nSPS) is 9.94. The van der Waals surface area contributed by atoms with Gasteiger partial charge in [0.05, 0.1) is 18.0 Å². The molecule has 2 rings (SSSR count). The zero-order valence-corrected chi connectivity index (χ0v) is 9.63. The molecule has 0 spiro atoms. The number of nitrogens with zero attached hydrogens (tertiary/aromatic N) is 1. The van der Waals surface area contributed by atoms with Gasteiger partial charge in [-0.05, 0) is 12.1 Å². The van der Waals surface area contributed by atoms with Gasteiger partial charge in [0.1, 0.15) is 0 Å². The Morgan fingerprint density at radius 2 is 2.00 bits per heavy atom. The van der Waals surface area contributed by atoms with E-state index < -0.39 is 11.4 Å². The number of nitrogens with two attached hydrogens (primary N) is 1. The van der Waals surface area contributed by atoms with Crippen LogP contribution >= 0.6 is 11.3 Å². The molecular weight excluding hydrogens is 240 g/mol. The number of aromatic amines is 2. The molecule has 88 valence electrons. The molecule has 0 saturated heterocycles. The lowest BCUT2D eigenvalue weighted by Gasteiger charge is -1.93. The summed E-state index contributed by atoms with van der Waals surface area (Å²) >= 11 is 1.43. The van der Waals surface area contributed by atoms with E-state index in [1.807, 2.05) is 12.1 Å². The molecular formula is C10H10N4O2S. The number of thiophene rings is 1. The van der Waals surface area contributed by atoms with Crippen LogP contribution in [0.2, 0.25) is 0 Å². The van der Waals surface area contributed by atoms with E-state index in [1.54, 1.807) is 0 Å². The van der Waals surface area contributed by atoms with Gasteiger partial charge in [-0.2, -0.15) is 0 Å². The first-order valence-electron chi connectivity index (χ1n) is 4.86. The van der Waals surface area contributed by atoms with Crippen LogP contribution in [0.4, 0.5) is 0 Å². The molecule has 0 aromatic carbocycles. The summed E-state index contributed by atoms with van der Waals surface area (Å²) in [5.74, 6) is 5.64. The van der Waals surface area contributed by atoms with Crippen LogP contribution in [0.3, 0.4) is 0 Å². The van der Waals surface area contributed by atoms with Crippen molar-refractivity contribution in [2.24, 2.45) is 5.73 Å². The molecule has 17 heavy (non-hydrogen) atoms. The summed E-state index contributed by atoms with van der Waals surface area (Å²) in [5, 5.41) is 4.46. The van der Waals surface area contributed by atoms with Crippen LogP contribution in [0.25, 0.3) is 0 Å². The number of rotatable bonds is 2. The van der Waals surface area contributed by atoms with Crippen molar-refractivity contribution in [2.45, 2.75) is 6.54 Å². The molecule has 0 radical (unpaired) electrons. The number of aromatic nitrogens is 3. The Morgan fingerprint density at radius 3 is 2.65 bits per heavy atom. The third kappa shape index (κ3) is 2.55. The Balaban J connectivity index is 2.23. The minimum absolute atomic E-state index is 0.243. The van der Waals surface area contributed by atoms with Gasteiger partial charge in [0.25, 0.3) is 0 Å². The van der Waals surface area contributed by atoms with Crippen LogP contribution < -0.4 is 17.1 Å². The zero-order valence-electron chi connectivity index (χ0n) is 8.82. The van der Waals surface area contributed by atoms with Crippen molar-refractivity contribution in [1.29, 1.82) is 0 Å². The van der Waals surface area contributed by atoms with Crippen LogP contribution in [0, 0.1) is 11.8 Å². The third-order valence-corrected chi connectivity index (χ3v) is 3.04. The number of nitrogens with one attached hydrogen (secondary N) is 2. The largest absolute Gasteiger partial charge is 0.344 e. The first kappa shape index (κ1) is 11.4. The maximum absolute atomic E-state index is 11.3. The smallest absolute Gasteiger partial charge is 0.320 e. The molecule has 2 heterocycles. The zero-order chi connectivity index (χ0) is 12.3. The topological polar surface area (TPSA) is 96.7 Å². The lowest BCUT2D eigenvalue weighted by Crippen LogP contribution is -2.26. The Labute approximate surface area is 100 Å². The van der Waals surface area contributed by atoms with Crippen molar-refractivity contribution in [3.05, 3.63) is 42.9 Å². The molecule has 0 aliphatic rings. The van der Waals surface area contributed by atoms with Crippen molar-refractivity contribution in [3.63, 3.8) is 0 Å². The monoisotopic (exact) mass is 250 g/mol. The van der Waals surface area contributed by atoms with Gasteiger partial charge in [0.2, 0.25) is 0 Å². The third-order valence-electron chi connectivity index (χ3n) is 2.06. The average Bonchev–Trinajstić information content (AvgIpc) is 2.88. The molecule has 0 bridgehead atoms. The molecule has 0 atom stereocenters. The van der Waals surface area contributed by atoms with Crippen LogP contribution in [0.5, 0.6) is 0 Å². The summed E-state index contributed by atoms with van der Waals surface area (Å²) < 4.78 is 1.09. The first-order valence-corrected chi connectivity index (χ1v) is 5.67. The summed E-state index contributed by atoms with van der Waals surface area (Å²) in [4.78, 5) is 24.3. The minimum atomic E-state index is -0.446. The molecule has 0 fully saturated rings. The predicted molar refractivity (Wildman–Crippen MR) is 65.0 cm³/mol. The number of hydrogen-bond acceptors (Lipinski definition) is 4. The second-order valence-corrected chi connectivity index (χ2v) is 4.39. The fourth-order valence-electron chi connectivity index (χ4n) is 1.30. The van der Waals surface area contributed by atoms with Crippen LogP contribution in [-0.4, -0.2) is 21.3 Å². The second kappa shape index (κ2) is 4.86. The molecule has 7 heteroatoms. The van der Waals surface area contributed by atoms with E-state index in [9.17, 15) is 9.59 Å². The molecule has 0 saturated carbocycles. The average molecular weight is 250 g/mol. The lowest BCUT2D eigenvalue weighted by atomic mass is 10.4. The molecule has 0 aliphatic carbocycles.